The molecule has 0 aliphatic rings. The summed E-state index contributed by atoms with van der Waals surface area (Å²) in [5.74, 6) is -0.480. The fraction of sp³-hybridized carbons (Fsp3) is 0.375. The molecule has 0 aliphatic heterocycles. The number of hydrogen-bond acceptors (Lipinski definition) is 5. The van der Waals surface area contributed by atoms with E-state index >= 15 is 0 Å². The Morgan fingerprint density at radius 2 is 1.79 bits per heavy atom. The molecule has 7 nitrogen and oxygen atoms in total. The number of aryl methyl sites for hydroxylation is 1. The molecule has 0 aliphatic carbocycles. The number of ether oxygens (including phenoxy) is 1. The maximum absolute atomic E-state index is 12.7. The van der Waals surface area contributed by atoms with Crippen LogP contribution in [-0.2, 0) is 27.2 Å². The predicted molar refractivity (Wildman–Crippen MR) is 90.5 cm³/mol. The van der Waals surface area contributed by atoms with Crippen molar-refractivity contribution in [1.82, 2.24) is 9.78 Å². The van der Waals surface area contributed by atoms with Gasteiger partial charge in [0.05, 0.1) is 18.4 Å². The number of nitrogens with one attached hydrogen (secondary N) is 1. The normalized spacial score (nSPS) is 12.0. The van der Waals surface area contributed by atoms with Gasteiger partial charge in [0.15, 0.2) is 0 Å². The number of rotatable bonds is 4. The van der Waals surface area contributed by atoms with Gasteiger partial charge in [-0.15, -0.1) is 0 Å². The predicted octanol–water partition coefficient (Wildman–Crippen LogP) is 2.31. The van der Waals surface area contributed by atoms with Crippen LogP contribution in [0.3, 0.4) is 0 Å². The molecule has 0 saturated carbocycles. The van der Waals surface area contributed by atoms with Crippen molar-refractivity contribution >= 4 is 21.7 Å². The summed E-state index contributed by atoms with van der Waals surface area (Å²) in [5, 5.41) is 4.27. The van der Waals surface area contributed by atoms with E-state index in [1.165, 1.54) is 42.3 Å². The van der Waals surface area contributed by atoms with Gasteiger partial charge in [-0.25, -0.2) is 13.2 Å². The van der Waals surface area contributed by atoms with Crippen molar-refractivity contribution in [2.45, 2.75) is 31.1 Å². The van der Waals surface area contributed by atoms with Crippen molar-refractivity contribution in [1.29, 1.82) is 0 Å². The SMILES string of the molecule is COC(=O)c1ccc(NS(=O)(=O)c2cn(C)nc2C(C)(C)C)cc1. The molecule has 0 unspecified atom stereocenters. The quantitative estimate of drug-likeness (QED) is 0.854. The van der Waals surface area contributed by atoms with E-state index in [1.54, 1.807) is 7.05 Å². The molecule has 130 valence electrons. The molecular formula is C16H21N3O4S. The van der Waals surface area contributed by atoms with E-state index in [9.17, 15) is 13.2 Å². The van der Waals surface area contributed by atoms with Crippen LogP contribution in [0.5, 0.6) is 0 Å². The Bertz CT molecular complexity index is 846. The highest BCUT2D eigenvalue weighted by atomic mass is 32.2. The van der Waals surface area contributed by atoms with E-state index < -0.39 is 21.4 Å². The number of benzene rings is 1. The topological polar surface area (TPSA) is 90.3 Å². The summed E-state index contributed by atoms with van der Waals surface area (Å²) in [6, 6.07) is 6.02. The lowest BCUT2D eigenvalue weighted by atomic mass is 9.92. The zero-order chi connectivity index (χ0) is 18.1. The third-order valence-electron chi connectivity index (χ3n) is 3.35. The zero-order valence-corrected chi connectivity index (χ0v) is 15.1. The molecule has 1 aromatic carbocycles. The van der Waals surface area contributed by atoms with Gasteiger partial charge in [0.2, 0.25) is 0 Å². The highest BCUT2D eigenvalue weighted by Gasteiger charge is 2.29. The van der Waals surface area contributed by atoms with Gasteiger partial charge in [-0.2, -0.15) is 5.10 Å². The van der Waals surface area contributed by atoms with Gasteiger partial charge in [0.1, 0.15) is 4.90 Å². The molecular weight excluding hydrogens is 330 g/mol. The molecule has 0 saturated heterocycles. The first-order valence-corrected chi connectivity index (χ1v) is 8.78. The molecule has 24 heavy (non-hydrogen) atoms. The van der Waals surface area contributed by atoms with Gasteiger partial charge in [-0.1, -0.05) is 20.8 Å². The molecule has 0 fully saturated rings. The van der Waals surface area contributed by atoms with Crippen molar-refractivity contribution in [2.75, 3.05) is 11.8 Å². The number of hydrogen-bond donors (Lipinski definition) is 1. The summed E-state index contributed by atoms with van der Waals surface area (Å²) < 4.78 is 34.0. The number of carbonyl (C=O) groups is 1. The summed E-state index contributed by atoms with van der Waals surface area (Å²) in [5.41, 5.74) is 0.771. The van der Waals surface area contributed by atoms with E-state index in [2.05, 4.69) is 14.6 Å². The Kier molecular flexibility index (Phi) is 4.70. The Morgan fingerprint density at radius 3 is 2.29 bits per heavy atom. The minimum Gasteiger partial charge on any atom is -0.465 e. The molecule has 1 heterocycles. The van der Waals surface area contributed by atoms with Crippen molar-refractivity contribution < 1.29 is 17.9 Å². The first-order valence-electron chi connectivity index (χ1n) is 7.30. The van der Waals surface area contributed by atoms with E-state index in [4.69, 9.17) is 0 Å². The van der Waals surface area contributed by atoms with Crippen LogP contribution in [0.4, 0.5) is 5.69 Å². The highest BCUT2D eigenvalue weighted by Crippen LogP contribution is 2.28. The lowest BCUT2D eigenvalue weighted by Crippen LogP contribution is -2.20. The smallest absolute Gasteiger partial charge is 0.337 e. The molecule has 1 N–H and O–H groups in total. The van der Waals surface area contributed by atoms with Crippen molar-refractivity contribution in [2.24, 2.45) is 7.05 Å². The monoisotopic (exact) mass is 351 g/mol. The van der Waals surface area contributed by atoms with Crippen molar-refractivity contribution in [3.05, 3.63) is 41.7 Å². The number of sulfonamides is 1. The zero-order valence-electron chi connectivity index (χ0n) is 14.3. The number of methoxy groups -OCH3 is 1. The molecule has 2 aromatic rings. The number of anilines is 1. The lowest BCUT2D eigenvalue weighted by molar-refractivity contribution is 0.0601. The average molecular weight is 351 g/mol. The van der Waals surface area contributed by atoms with Gasteiger partial charge in [-0.05, 0) is 24.3 Å². The summed E-state index contributed by atoms with van der Waals surface area (Å²) in [4.78, 5) is 11.6. The minimum absolute atomic E-state index is 0.134. The summed E-state index contributed by atoms with van der Waals surface area (Å²) in [6.45, 7) is 5.71. The fourth-order valence-corrected chi connectivity index (χ4v) is 3.63. The van der Waals surface area contributed by atoms with Crippen LogP contribution in [-0.4, -0.2) is 31.3 Å². The van der Waals surface area contributed by atoms with Crippen molar-refractivity contribution in [3.63, 3.8) is 0 Å². The lowest BCUT2D eigenvalue weighted by Gasteiger charge is -2.17. The van der Waals surface area contributed by atoms with Gasteiger partial charge >= 0.3 is 5.97 Å². The van der Waals surface area contributed by atoms with Crippen LogP contribution < -0.4 is 4.72 Å². The van der Waals surface area contributed by atoms with E-state index in [0.29, 0.717) is 16.9 Å². The van der Waals surface area contributed by atoms with Crippen LogP contribution in [0, 0.1) is 0 Å². The first-order chi connectivity index (χ1) is 11.0. The van der Waals surface area contributed by atoms with Crippen LogP contribution in [0.25, 0.3) is 0 Å². The largest absolute Gasteiger partial charge is 0.465 e. The molecule has 0 amide bonds. The first kappa shape index (κ1) is 18.0. The van der Waals surface area contributed by atoms with Gasteiger partial charge < -0.3 is 4.74 Å². The Balaban J connectivity index is 2.34. The Hall–Kier alpha value is -2.35. The second-order valence-corrected chi connectivity index (χ2v) is 8.09. The number of nitrogens with zero attached hydrogens (tertiary/aromatic N) is 2. The third kappa shape index (κ3) is 3.76. The third-order valence-corrected chi connectivity index (χ3v) is 4.74. The van der Waals surface area contributed by atoms with E-state index in [-0.39, 0.29) is 4.90 Å². The maximum atomic E-state index is 12.7. The van der Waals surface area contributed by atoms with Gasteiger partial charge in [0, 0.05) is 24.3 Å². The van der Waals surface area contributed by atoms with Gasteiger partial charge in [0.25, 0.3) is 10.0 Å². The number of carbonyl (C=O) groups excluding carboxylic acids is 1. The summed E-state index contributed by atoms with van der Waals surface area (Å²) >= 11 is 0. The van der Waals surface area contributed by atoms with Crippen molar-refractivity contribution in [3.8, 4) is 0 Å². The fourth-order valence-electron chi connectivity index (χ4n) is 2.19. The second kappa shape index (κ2) is 6.27. The van der Waals surface area contributed by atoms with Gasteiger partial charge in [-0.3, -0.25) is 9.40 Å². The van der Waals surface area contributed by atoms with Crippen LogP contribution in [0.15, 0.2) is 35.4 Å². The van der Waals surface area contributed by atoms with E-state index in [1.807, 2.05) is 20.8 Å². The molecule has 8 heteroatoms. The molecule has 0 atom stereocenters. The number of aromatic nitrogens is 2. The second-order valence-electron chi connectivity index (χ2n) is 6.44. The standard InChI is InChI=1S/C16H21N3O4S/c1-16(2,3)14-13(10-19(4)17-14)24(21,22)18-12-8-6-11(7-9-12)15(20)23-5/h6-10,18H,1-5H3. The maximum Gasteiger partial charge on any atom is 0.337 e. The van der Waals surface area contributed by atoms with Crippen LogP contribution in [0.2, 0.25) is 0 Å². The average Bonchev–Trinajstić information content (AvgIpc) is 2.90. The van der Waals surface area contributed by atoms with Crippen LogP contribution >= 0.6 is 0 Å². The molecule has 0 bridgehead atoms. The minimum atomic E-state index is -3.79. The molecule has 0 radical (unpaired) electrons. The summed E-state index contributed by atoms with van der Waals surface area (Å²) in [6.07, 6.45) is 1.48. The molecule has 1 aromatic heterocycles. The summed E-state index contributed by atoms with van der Waals surface area (Å²) in [7, 11) is -0.827. The highest BCUT2D eigenvalue weighted by molar-refractivity contribution is 7.92. The van der Waals surface area contributed by atoms with E-state index in [0.717, 1.165) is 0 Å². The molecule has 2 rings (SSSR count). The molecule has 0 spiro atoms. The number of esters is 1. The van der Waals surface area contributed by atoms with Crippen LogP contribution in [0.1, 0.15) is 36.8 Å². The Labute approximate surface area is 141 Å². The Morgan fingerprint density at radius 1 is 1.21 bits per heavy atom.